The third-order valence-corrected chi connectivity index (χ3v) is 3.17. The molecule has 0 amide bonds. The molecule has 0 aromatic heterocycles. The van der Waals surface area contributed by atoms with Crippen LogP contribution in [0.2, 0.25) is 0 Å². The zero-order valence-corrected chi connectivity index (χ0v) is 11.7. The van der Waals surface area contributed by atoms with Crippen molar-refractivity contribution >= 4 is 0 Å². The molecule has 0 aliphatic heterocycles. The first-order valence-electron chi connectivity index (χ1n) is 6.59. The summed E-state index contributed by atoms with van der Waals surface area (Å²) in [6.07, 6.45) is 2.89. The topological polar surface area (TPSA) is 21.3 Å². The highest BCUT2D eigenvalue weighted by Crippen LogP contribution is 2.19. The monoisotopic (exact) mass is 247 g/mol. The van der Waals surface area contributed by atoms with Crippen molar-refractivity contribution in [2.75, 3.05) is 13.7 Å². The number of nitrogens with one attached hydrogen (secondary N) is 1. The average molecular weight is 247 g/mol. The number of hydrogen-bond donors (Lipinski definition) is 1. The molecule has 1 aromatic rings. The quantitative estimate of drug-likeness (QED) is 0.709. The van der Waals surface area contributed by atoms with Crippen molar-refractivity contribution in [1.82, 2.24) is 5.32 Å². The van der Waals surface area contributed by atoms with Crippen LogP contribution in [0.4, 0.5) is 0 Å². The molecule has 100 valence electrons. The van der Waals surface area contributed by atoms with Gasteiger partial charge in [0.1, 0.15) is 0 Å². The summed E-state index contributed by atoms with van der Waals surface area (Å²) in [7, 11) is 1.75. The van der Waals surface area contributed by atoms with E-state index in [1.165, 1.54) is 5.56 Å². The normalized spacial score (nSPS) is 14.4. The Hall–Kier alpha value is -1.12. The van der Waals surface area contributed by atoms with E-state index >= 15 is 0 Å². The SMILES string of the molecule is C=CC[C@H](N[C@H](COC)C(C)C)c1ccccc1. The van der Waals surface area contributed by atoms with Gasteiger partial charge >= 0.3 is 0 Å². The third kappa shape index (κ3) is 4.63. The molecule has 18 heavy (non-hydrogen) atoms. The molecule has 2 nitrogen and oxygen atoms in total. The molecule has 0 saturated carbocycles. The number of rotatable bonds is 8. The molecular formula is C16H25NO. The van der Waals surface area contributed by atoms with E-state index in [4.69, 9.17) is 4.74 Å². The molecule has 0 heterocycles. The minimum atomic E-state index is 0.311. The summed E-state index contributed by atoms with van der Waals surface area (Å²) < 4.78 is 5.29. The second kappa shape index (κ2) is 8.06. The first-order valence-corrected chi connectivity index (χ1v) is 6.59. The highest BCUT2D eigenvalue weighted by molar-refractivity contribution is 5.19. The highest BCUT2D eigenvalue weighted by atomic mass is 16.5. The molecule has 2 atom stereocenters. The van der Waals surface area contributed by atoms with E-state index in [2.05, 4.69) is 50.0 Å². The summed E-state index contributed by atoms with van der Waals surface area (Å²) in [5.74, 6) is 0.543. The van der Waals surface area contributed by atoms with Crippen molar-refractivity contribution < 1.29 is 4.74 Å². The van der Waals surface area contributed by atoms with Crippen molar-refractivity contribution in [2.24, 2.45) is 5.92 Å². The van der Waals surface area contributed by atoms with Crippen LogP contribution in [0.15, 0.2) is 43.0 Å². The van der Waals surface area contributed by atoms with Gasteiger partial charge < -0.3 is 10.1 Å². The van der Waals surface area contributed by atoms with Crippen molar-refractivity contribution in [3.05, 3.63) is 48.6 Å². The lowest BCUT2D eigenvalue weighted by atomic mass is 9.99. The summed E-state index contributed by atoms with van der Waals surface area (Å²) in [6, 6.07) is 11.2. The fourth-order valence-electron chi connectivity index (χ4n) is 2.02. The van der Waals surface area contributed by atoms with Gasteiger partial charge in [-0.2, -0.15) is 0 Å². The second-order valence-electron chi connectivity index (χ2n) is 4.96. The predicted octanol–water partition coefficient (Wildman–Crippen LogP) is 3.56. The molecule has 1 N–H and O–H groups in total. The molecule has 1 aromatic carbocycles. The number of benzene rings is 1. The van der Waals surface area contributed by atoms with E-state index in [0.29, 0.717) is 18.0 Å². The standard InChI is InChI=1S/C16H25NO/c1-5-9-15(14-10-7-6-8-11-14)17-16(12-18-4)13(2)3/h5-8,10-11,13,15-17H,1,9,12H2,2-4H3/t15-,16+/m0/s1. The average Bonchev–Trinajstić information content (AvgIpc) is 2.38. The van der Waals surface area contributed by atoms with Crippen LogP contribution in [-0.2, 0) is 4.74 Å². The van der Waals surface area contributed by atoms with E-state index < -0.39 is 0 Å². The van der Waals surface area contributed by atoms with Gasteiger partial charge in [-0.25, -0.2) is 0 Å². The Labute approximate surface area is 111 Å². The minimum absolute atomic E-state index is 0.311. The number of methoxy groups -OCH3 is 1. The van der Waals surface area contributed by atoms with Crippen LogP contribution in [0.5, 0.6) is 0 Å². The lowest BCUT2D eigenvalue weighted by Gasteiger charge is -2.27. The lowest BCUT2D eigenvalue weighted by Crippen LogP contribution is -2.40. The van der Waals surface area contributed by atoms with Crippen LogP contribution in [0, 0.1) is 5.92 Å². The minimum Gasteiger partial charge on any atom is -0.383 e. The Morgan fingerprint density at radius 3 is 2.44 bits per heavy atom. The van der Waals surface area contributed by atoms with Gasteiger partial charge in [-0.3, -0.25) is 0 Å². The van der Waals surface area contributed by atoms with Crippen LogP contribution >= 0.6 is 0 Å². The van der Waals surface area contributed by atoms with Gasteiger partial charge in [-0.15, -0.1) is 6.58 Å². The molecule has 0 aliphatic carbocycles. The van der Waals surface area contributed by atoms with Crippen LogP contribution in [-0.4, -0.2) is 19.8 Å². The summed E-state index contributed by atoms with van der Waals surface area (Å²) in [4.78, 5) is 0. The first kappa shape index (κ1) is 14.9. The highest BCUT2D eigenvalue weighted by Gasteiger charge is 2.18. The van der Waals surface area contributed by atoms with E-state index in [1.54, 1.807) is 7.11 Å². The van der Waals surface area contributed by atoms with Crippen molar-refractivity contribution in [3.8, 4) is 0 Å². The molecule has 0 fully saturated rings. The Kier molecular flexibility index (Phi) is 6.69. The molecule has 0 radical (unpaired) electrons. The molecule has 0 saturated heterocycles. The fraction of sp³-hybridized carbons (Fsp3) is 0.500. The van der Waals surface area contributed by atoms with Gasteiger partial charge in [0.2, 0.25) is 0 Å². The Balaban J connectivity index is 2.75. The maximum absolute atomic E-state index is 5.29. The van der Waals surface area contributed by atoms with Crippen LogP contribution < -0.4 is 5.32 Å². The zero-order chi connectivity index (χ0) is 13.4. The predicted molar refractivity (Wildman–Crippen MR) is 77.6 cm³/mol. The number of hydrogen-bond acceptors (Lipinski definition) is 2. The van der Waals surface area contributed by atoms with E-state index in [1.807, 2.05) is 12.1 Å². The molecule has 0 aliphatic rings. The zero-order valence-electron chi connectivity index (χ0n) is 11.7. The van der Waals surface area contributed by atoms with Crippen molar-refractivity contribution in [2.45, 2.75) is 32.4 Å². The largest absolute Gasteiger partial charge is 0.383 e. The first-order chi connectivity index (χ1) is 8.69. The molecule has 2 heteroatoms. The molecular weight excluding hydrogens is 222 g/mol. The van der Waals surface area contributed by atoms with Gasteiger partial charge in [-0.1, -0.05) is 50.3 Å². The summed E-state index contributed by atoms with van der Waals surface area (Å²) in [5.41, 5.74) is 1.30. The lowest BCUT2D eigenvalue weighted by molar-refractivity contribution is 0.140. The van der Waals surface area contributed by atoms with Gasteiger partial charge in [0.15, 0.2) is 0 Å². The third-order valence-electron chi connectivity index (χ3n) is 3.17. The second-order valence-corrected chi connectivity index (χ2v) is 4.96. The Morgan fingerprint density at radius 1 is 1.28 bits per heavy atom. The van der Waals surface area contributed by atoms with E-state index in [0.717, 1.165) is 13.0 Å². The van der Waals surface area contributed by atoms with Gasteiger partial charge in [0.25, 0.3) is 0 Å². The summed E-state index contributed by atoms with van der Waals surface area (Å²) in [5, 5.41) is 3.68. The van der Waals surface area contributed by atoms with Crippen molar-refractivity contribution in [3.63, 3.8) is 0 Å². The van der Waals surface area contributed by atoms with Gasteiger partial charge in [0.05, 0.1) is 6.61 Å². The molecule has 1 rings (SSSR count). The van der Waals surface area contributed by atoms with E-state index in [9.17, 15) is 0 Å². The Morgan fingerprint density at radius 2 is 1.94 bits per heavy atom. The maximum atomic E-state index is 5.29. The van der Waals surface area contributed by atoms with Crippen molar-refractivity contribution in [1.29, 1.82) is 0 Å². The molecule has 0 unspecified atom stereocenters. The Bertz CT molecular complexity index is 334. The smallest absolute Gasteiger partial charge is 0.0618 e. The number of ether oxygens (including phenoxy) is 1. The van der Waals surface area contributed by atoms with Crippen LogP contribution in [0.3, 0.4) is 0 Å². The van der Waals surface area contributed by atoms with Gasteiger partial charge in [0, 0.05) is 19.2 Å². The van der Waals surface area contributed by atoms with E-state index in [-0.39, 0.29) is 0 Å². The molecule has 0 bridgehead atoms. The van der Waals surface area contributed by atoms with Crippen LogP contribution in [0.1, 0.15) is 31.9 Å². The van der Waals surface area contributed by atoms with Gasteiger partial charge in [-0.05, 0) is 17.9 Å². The van der Waals surface area contributed by atoms with Crippen LogP contribution in [0.25, 0.3) is 0 Å². The maximum Gasteiger partial charge on any atom is 0.0618 e. The molecule has 0 spiro atoms. The summed E-state index contributed by atoms with van der Waals surface area (Å²) >= 11 is 0. The summed E-state index contributed by atoms with van der Waals surface area (Å²) in [6.45, 7) is 9.02. The fourth-order valence-corrected chi connectivity index (χ4v) is 2.02.